The van der Waals surface area contributed by atoms with Gasteiger partial charge in [-0.15, -0.1) is 0 Å². The summed E-state index contributed by atoms with van der Waals surface area (Å²) in [6.07, 6.45) is 1.93. The van der Waals surface area contributed by atoms with E-state index in [9.17, 15) is 14.9 Å². The number of hydrogen-bond acceptors (Lipinski definition) is 4. The fraction of sp³-hybridized carbons (Fsp3) is 0. The molecule has 0 aliphatic heterocycles. The fourth-order valence-corrected chi connectivity index (χ4v) is 1.56. The first-order valence-electron chi connectivity index (χ1n) is 3.91. The molecule has 0 bridgehead atoms. The number of carbonyl (C=O) groups excluding carboxylic acids is 1. The number of hydrogen-bond donors (Lipinski definition) is 0. The van der Waals surface area contributed by atoms with E-state index in [1.54, 1.807) is 6.07 Å². The maximum absolute atomic E-state index is 10.7. The van der Waals surface area contributed by atoms with Gasteiger partial charge in [-0.25, -0.2) is 0 Å². The number of halogens is 1. The highest BCUT2D eigenvalue weighted by molar-refractivity contribution is 6.34. The molecule has 0 unspecified atom stereocenters. The van der Waals surface area contributed by atoms with E-state index in [2.05, 4.69) is 4.98 Å². The zero-order valence-corrected chi connectivity index (χ0v) is 8.01. The van der Waals surface area contributed by atoms with Crippen molar-refractivity contribution in [1.29, 1.82) is 0 Å². The molecule has 15 heavy (non-hydrogen) atoms. The number of fused-ring (bicyclic) bond motifs is 1. The zero-order chi connectivity index (χ0) is 11.0. The second-order valence-corrected chi connectivity index (χ2v) is 3.15. The van der Waals surface area contributed by atoms with Crippen molar-refractivity contribution >= 4 is 29.2 Å². The Morgan fingerprint density at radius 2 is 2.33 bits per heavy atom. The molecule has 0 spiro atoms. The molecule has 0 aromatic carbocycles. The molecular weight excluding hydrogens is 222 g/mol. The second kappa shape index (κ2) is 3.32. The monoisotopic (exact) mass is 225 g/mol. The summed E-state index contributed by atoms with van der Waals surface area (Å²) in [4.78, 5) is 24.2. The van der Waals surface area contributed by atoms with Crippen molar-refractivity contribution in [2.75, 3.05) is 0 Å². The van der Waals surface area contributed by atoms with Gasteiger partial charge in [0.15, 0.2) is 5.52 Å². The summed E-state index contributed by atoms with van der Waals surface area (Å²) in [5, 5.41) is 10.8. The predicted octanol–water partition coefficient (Wildman–Crippen LogP) is 1.71. The lowest BCUT2D eigenvalue weighted by molar-refractivity contribution is -0.387. The number of rotatable bonds is 2. The Labute approximate surface area is 88.3 Å². The Hall–Kier alpha value is -1.95. The predicted molar refractivity (Wildman–Crippen MR) is 52.2 cm³/mol. The molecule has 0 amide bonds. The Kier molecular flexibility index (Phi) is 2.12. The summed E-state index contributed by atoms with van der Waals surface area (Å²) in [7, 11) is 0. The fourth-order valence-electron chi connectivity index (χ4n) is 1.31. The van der Waals surface area contributed by atoms with E-state index < -0.39 is 10.7 Å². The molecule has 7 heteroatoms. The van der Waals surface area contributed by atoms with Crippen LogP contribution in [0.5, 0.6) is 0 Å². The highest BCUT2D eigenvalue weighted by atomic mass is 35.5. The maximum Gasteiger partial charge on any atom is 0.391 e. The summed E-state index contributed by atoms with van der Waals surface area (Å²) in [5.41, 5.74) is 0.131. The van der Waals surface area contributed by atoms with Crippen LogP contribution in [0.2, 0.25) is 5.02 Å². The minimum atomic E-state index is -0.672. The Bertz CT molecular complexity index is 564. The summed E-state index contributed by atoms with van der Waals surface area (Å²) >= 11 is 5.80. The van der Waals surface area contributed by atoms with Crippen molar-refractivity contribution in [3.63, 3.8) is 0 Å². The van der Waals surface area contributed by atoms with Crippen molar-refractivity contribution in [2.45, 2.75) is 0 Å². The number of nitrogens with zero attached hydrogens (tertiary/aromatic N) is 3. The van der Waals surface area contributed by atoms with Crippen LogP contribution in [0.1, 0.15) is 10.6 Å². The number of pyridine rings is 1. The maximum atomic E-state index is 10.7. The lowest BCUT2D eigenvalue weighted by Crippen LogP contribution is -1.91. The quantitative estimate of drug-likeness (QED) is 0.443. The third-order valence-corrected chi connectivity index (χ3v) is 2.21. The van der Waals surface area contributed by atoms with E-state index in [4.69, 9.17) is 11.6 Å². The van der Waals surface area contributed by atoms with Gasteiger partial charge < -0.3 is 10.1 Å². The second-order valence-electron chi connectivity index (χ2n) is 2.74. The number of aromatic nitrogens is 2. The average molecular weight is 226 g/mol. The first-order valence-corrected chi connectivity index (χ1v) is 4.29. The van der Waals surface area contributed by atoms with Crippen molar-refractivity contribution in [3.8, 4) is 0 Å². The van der Waals surface area contributed by atoms with Crippen LogP contribution < -0.4 is 0 Å². The molecule has 76 valence electrons. The standard InChI is InChI=1S/C8H4ClN3O3/c9-5-2-1-3-11-6(4-13)10-8(7(5)11)12(14)15/h1-4H. The van der Waals surface area contributed by atoms with Gasteiger partial charge in [-0.3, -0.25) is 9.20 Å². The zero-order valence-electron chi connectivity index (χ0n) is 7.25. The molecule has 0 aliphatic rings. The summed E-state index contributed by atoms with van der Waals surface area (Å²) in [6, 6.07) is 3.08. The minimum Gasteiger partial charge on any atom is -0.358 e. The molecule has 0 atom stereocenters. The van der Waals surface area contributed by atoms with Gasteiger partial charge in [0.05, 0.1) is 5.02 Å². The van der Waals surface area contributed by atoms with Crippen LogP contribution in [0.25, 0.3) is 5.52 Å². The van der Waals surface area contributed by atoms with Crippen LogP contribution in [0, 0.1) is 10.1 Å². The molecule has 0 saturated carbocycles. The first kappa shape index (κ1) is 9.60. The first-order chi connectivity index (χ1) is 7.15. The molecule has 0 aliphatic carbocycles. The minimum absolute atomic E-state index is 0.0424. The molecule has 0 saturated heterocycles. The van der Waals surface area contributed by atoms with E-state index >= 15 is 0 Å². The lowest BCUT2D eigenvalue weighted by atomic mass is 10.4. The normalized spacial score (nSPS) is 10.5. The summed E-state index contributed by atoms with van der Waals surface area (Å²) in [5.74, 6) is -0.457. The van der Waals surface area contributed by atoms with Crippen LogP contribution in [0.15, 0.2) is 18.3 Å². The SMILES string of the molecule is O=Cc1nc([N+](=O)[O-])c2c(Cl)cccn12. The van der Waals surface area contributed by atoms with Crippen LogP contribution >= 0.6 is 11.6 Å². The van der Waals surface area contributed by atoms with Crippen molar-refractivity contribution in [1.82, 2.24) is 9.38 Å². The molecule has 2 heterocycles. The largest absolute Gasteiger partial charge is 0.391 e. The molecule has 2 rings (SSSR count). The summed E-state index contributed by atoms with van der Waals surface area (Å²) in [6.45, 7) is 0. The van der Waals surface area contributed by atoms with Crippen LogP contribution in [-0.2, 0) is 0 Å². The molecular formula is C8H4ClN3O3. The Balaban J connectivity index is 2.94. The van der Waals surface area contributed by atoms with Gasteiger partial charge in [-0.05, 0) is 22.0 Å². The van der Waals surface area contributed by atoms with Crippen molar-refractivity contribution in [2.24, 2.45) is 0 Å². The molecule has 2 aromatic rings. The summed E-state index contributed by atoms with van der Waals surface area (Å²) < 4.78 is 1.29. The molecule has 0 fully saturated rings. The highest BCUT2D eigenvalue weighted by Crippen LogP contribution is 2.26. The van der Waals surface area contributed by atoms with Gasteiger partial charge in [0.25, 0.3) is 5.82 Å². The molecule has 2 aromatic heterocycles. The van der Waals surface area contributed by atoms with Gasteiger partial charge in [-0.2, -0.15) is 0 Å². The molecule has 6 nitrogen and oxygen atoms in total. The van der Waals surface area contributed by atoms with E-state index in [1.807, 2.05) is 0 Å². The van der Waals surface area contributed by atoms with Crippen LogP contribution in [0.3, 0.4) is 0 Å². The Morgan fingerprint density at radius 3 is 2.93 bits per heavy atom. The third-order valence-electron chi connectivity index (χ3n) is 1.90. The number of imidazole rings is 1. The smallest absolute Gasteiger partial charge is 0.358 e. The number of carbonyl (C=O) groups is 1. The van der Waals surface area contributed by atoms with Gasteiger partial charge in [0.2, 0.25) is 6.29 Å². The van der Waals surface area contributed by atoms with Crippen molar-refractivity contribution in [3.05, 3.63) is 39.3 Å². The third kappa shape index (κ3) is 1.35. The van der Waals surface area contributed by atoms with Crippen LogP contribution in [-0.4, -0.2) is 20.6 Å². The topological polar surface area (TPSA) is 77.5 Å². The number of aldehydes is 1. The van der Waals surface area contributed by atoms with E-state index in [1.165, 1.54) is 16.7 Å². The lowest BCUT2D eigenvalue weighted by Gasteiger charge is -1.94. The molecule has 0 N–H and O–H groups in total. The van der Waals surface area contributed by atoms with E-state index in [0.717, 1.165) is 0 Å². The van der Waals surface area contributed by atoms with Crippen LogP contribution in [0.4, 0.5) is 5.82 Å². The van der Waals surface area contributed by atoms with E-state index in [0.29, 0.717) is 6.29 Å². The number of nitro groups is 1. The molecule has 0 radical (unpaired) electrons. The van der Waals surface area contributed by atoms with Crippen molar-refractivity contribution < 1.29 is 9.72 Å². The van der Waals surface area contributed by atoms with Gasteiger partial charge in [-0.1, -0.05) is 11.6 Å². The van der Waals surface area contributed by atoms with Gasteiger partial charge in [0.1, 0.15) is 0 Å². The van der Waals surface area contributed by atoms with Gasteiger partial charge in [0, 0.05) is 6.20 Å². The average Bonchev–Trinajstić information content (AvgIpc) is 2.58. The van der Waals surface area contributed by atoms with E-state index in [-0.39, 0.29) is 16.4 Å². The van der Waals surface area contributed by atoms with Gasteiger partial charge >= 0.3 is 5.82 Å². The Morgan fingerprint density at radius 1 is 1.60 bits per heavy atom. The highest BCUT2D eigenvalue weighted by Gasteiger charge is 2.23.